The summed E-state index contributed by atoms with van der Waals surface area (Å²) >= 11 is 5.82. The van der Waals surface area contributed by atoms with Gasteiger partial charge in [-0.1, -0.05) is 38.4 Å². The van der Waals surface area contributed by atoms with E-state index in [1.807, 2.05) is 13.1 Å². The molecule has 0 saturated carbocycles. The Morgan fingerprint density at radius 3 is 2.56 bits per heavy atom. The maximum Gasteiger partial charge on any atom is 0.222 e. The van der Waals surface area contributed by atoms with Crippen LogP contribution >= 0.6 is 11.6 Å². The molecule has 0 amide bonds. The van der Waals surface area contributed by atoms with E-state index in [-0.39, 0.29) is 5.41 Å². The van der Waals surface area contributed by atoms with E-state index in [9.17, 15) is 0 Å². The normalized spacial score (nSPS) is 11.6. The highest BCUT2D eigenvalue weighted by Gasteiger charge is 2.19. The van der Waals surface area contributed by atoms with Crippen molar-refractivity contribution in [2.75, 3.05) is 0 Å². The molecule has 2 rings (SSSR count). The summed E-state index contributed by atoms with van der Waals surface area (Å²) in [7, 11) is 1.84. The third-order valence-electron chi connectivity index (χ3n) is 2.50. The van der Waals surface area contributed by atoms with Crippen LogP contribution in [0.15, 0.2) is 24.3 Å². The third-order valence-corrected chi connectivity index (χ3v) is 2.71. The first kappa shape index (κ1) is 12.9. The molecule has 0 aliphatic heterocycles. The Kier molecular flexibility index (Phi) is 3.30. The van der Waals surface area contributed by atoms with Gasteiger partial charge >= 0.3 is 0 Å². The van der Waals surface area contributed by atoms with Gasteiger partial charge in [-0.25, -0.2) is 9.67 Å². The standard InChI is InChI=1S/C13H16ClN3O/c1-13(2,3)9-8-12(17(4)16-9)18-11-7-5-6-10(14)15-11/h5-8H,1-4H3. The summed E-state index contributed by atoms with van der Waals surface area (Å²) in [6.07, 6.45) is 0. The van der Waals surface area contributed by atoms with E-state index >= 15 is 0 Å². The number of aryl methyl sites for hydroxylation is 1. The lowest BCUT2D eigenvalue weighted by molar-refractivity contribution is 0.415. The van der Waals surface area contributed by atoms with Gasteiger partial charge in [-0.3, -0.25) is 0 Å². The minimum atomic E-state index is -0.0128. The summed E-state index contributed by atoms with van der Waals surface area (Å²) in [5.74, 6) is 1.11. The van der Waals surface area contributed by atoms with Gasteiger partial charge in [0.05, 0.1) is 5.69 Å². The lowest BCUT2D eigenvalue weighted by Gasteiger charge is -2.13. The van der Waals surface area contributed by atoms with Crippen LogP contribution in [0.4, 0.5) is 0 Å². The first-order valence-electron chi connectivity index (χ1n) is 5.71. The van der Waals surface area contributed by atoms with E-state index in [1.165, 1.54) is 0 Å². The molecule has 0 radical (unpaired) electrons. The lowest BCUT2D eigenvalue weighted by atomic mass is 9.93. The fraction of sp³-hybridized carbons (Fsp3) is 0.385. The van der Waals surface area contributed by atoms with Gasteiger partial charge in [-0.15, -0.1) is 0 Å². The first-order valence-corrected chi connectivity index (χ1v) is 6.09. The molecule has 2 heterocycles. The Hall–Kier alpha value is -1.55. The summed E-state index contributed by atoms with van der Waals surface area (Å²) in [6, 6.07) is 7.18. The lowest BCUT2D eigenvalue weighted by Crippen LogP contribution is -2.12. The highest BCUT2D eigenvalue weighted by Crippen LogP contribution is 2.27. The molecule has 0 aliphatic rings. The van der Waals surface area contributed by atoms with E-state index in [2.05, 4.69) is 30.9 Å². The van der Waals surface area contributed by atoms with Crippen LogP contribution in [-0.2, 0) is 12.5 Å². The maximum atomic E-state index is 5.82. The number of aromatic nitrogens is 3. The van der Waals surface area contributed by atoms with Crippen molar-refractivity contribution in [1.29, 1.82) is 0 Å². The predicted octanol–water partition coefficient (Wildman–Crippen LogP) is 3.56. The highest BCUT2D eigenvalue weighted by molar-refractivity contribution is 6.29. The number of hydrogen-bond donors (Lipinski definition) is 0. The molecule has 0 unspecified atom stereocenters. The zero-order valence-electron chi connectivity index (χ0n) is 10.9. The van der Waals surface area contributed by atoms with Crippen LogP contribution in [0.3, 0.4) is 0 Å². The zero-order chi connectivity index (χ0) is 13.3. The quantitative estimate of drug-likeness (QED) is 0.780. The van der Waals surface area contributed by atoms with Crippen molar-refractivity contribution < 1.29 is 4.74 Å². The van der Waals surface area contributed by atoms with E-state index in [0.717, 1.165) is 5.69 Å². The van der Waals surface area contributed by atoms with Crippen LogP contribution in [0, 0.1) is 0 Å². The van der Waals surface area contributed by atoms with E-state index in [0.29, 0.717) is 16.9 Å². The molecule has 0 aliphatic carbocycles. The second kappa shape index (κ2) is 4.61. The summed E-state index contributed by atoms with van der Waals surface area (Å²) in [4.78, 5) is 4.08. The van der Waals surface area contributed by atoms with Crippen LogP contribution in [0.25, 0.3) is 0 Å². The van der Waals surface area contributed by atoms with Gasteiger partial charge in [-0.05, 0) is 6.07 Å². The Morgan fingerprint density at radius 1 is 1.28 bits per heavy atom. The summed E-state index contributed by atoms with van der Waals surface area (Å²) in [6.45, 7) is 6.32. The van der Waals surface area contributed by atoms with Crippen LogP contribution in [0.2, 0.25) is 5.15 Å². The topological polar surface area (TPSA) is 39.9 Å². The summed E-state index contributed by atoms with van der Waals surface area (Å²) < 4.78 is 7.37. The average molecular weight is 266 g/mol. The smallest absolute Gasteiger partial charge is 0.222 e. The molecule has 0 aromatic carbocycles. The minimum Gasteiger partial charge on any atom is -0.421 e. The van der Waals surface area contributed by atoms with Crippen LogP contribution in [0.5, 0.6) is 11.8 Å². The monoisotopic (exact) mass is 265 g/mol. The van der Waals surface area contributed by atoms with Crippen molar-refractivity contribution in [3.8, 4) is 11.8 Å². The molecule has 0 spiro atoms. The fourth-order valence-electron chi connectivity index (χ4n) is 1.47. The molecule has 0 fully saturated rings. The molecule has 0 atom stereocenters. The Labute approximate surface area is 112 Å². The van der Waals surface area contributed by atoms with Crippen molar-refractivity contribution >= 4 is 11.6 Å². The molecular weight excluding hydrogens is 250 g/mol. The number of pyridine rings is 1. The number of rotatable bonds is 2. The molecule has 0 bridgehead atoms. The largest absolute Gasteiger partial charge is 0.421 e. The van der Waals surface area contributed by atoms with Gasteiger partial charge in [-0.2, -0.15) is 5.10 Å². The number of ether oxygens (including phenoxy) is 1. The van der Waals surface area contributed by atoms with Gasteiger partial charge in [0, 0.05) is 24.6 Å². The number of hydrogen-bond acceptors (Lipinski definition) is 3. The molecule has 18 heavy (non-hydrogen) atoms. The van der Waals surface area contributed by atoms with Crippen LogP contribution in [0.1, 0.15) is 26.5 Å². The van der Waals surface area contributed by atoms with E-state index in [1.54, 1.807) is 22.9 Å². The molecule has 4 nitrogen and oxygen atoms in total. The molecule has 0 saturated heterocycles. The van der Waals surface area contributed by atoms with Crippen LogP contribution < -0.4 is 4.74 Å². The fourth-order valence-corrected chi connectivity index (χ4v) is 1.62. The number of nitrogens with zero attached hydrogens (tertiary/aromatic N) is 3. The first-order chi connectivity index (χ1) is 8.36. The number of halogens is 1. The third kappa shape index (κ3) is 2.82. The molecular formula is C13H16ClN3O. The van der Waals surface area contributed by atoms with Crippen molar-refractivity contribution in [3.05, 3.63) is 35.1 Å². The second-order valence-corrected chi connectivity index (χ2v) is 5.53. The van der Waals surface area contributed by atoms with E-state index < -0.39 is 0 Å². The zero-order valence-corrected chi connectivity index (χ0v) is 11.7. The molecule has 2 aromatic rings. The van der Waals surface area contributed by atoms with Crippen molar-refractivity contribution in [1.82, 2.24) is 14.8 Å². The molecule has 5 heteroatoms. The Balaban J connectivity index is 2.27. The van der Waals surface area contributed by atoms with Gasteiger partial charge in [0.2, 0.25) is 11.8 Å². The van der Waals surface area contributed by atoms with Crippen molar-refractivity contribution in [3.63, 3.8) is 0 Å². The summed E-state index contributed by atoms with van der Waals surface area (Å²) in [5.41, 5.74) is 0.961. The van der Waals surface area contributed by atoms with E-state index in [4.69, 9.17) is 16.3 Å². The molecule has 0 N–H and O–H groups in total. The van der Waals surface area contributed by atoms with Gasteiger partial charge in [0.15, 0.2) is 0 Å². The molecule has 2 aromatic heterocycles. The minimum absolute atomic E-state index is 0.0128. The van der Waals surface area contributed by atoms with Crippen molar-refractivity contribution in [2.24, 2.45) is 7.05 Å². The van der Waals surface area contributed by atoms with Gasteiger partial charge in [0.25, 0.3) is 0 Å². The second-order valence-electron chi connectivity index (χ2n) is 5.14. The molecule has 96 valence electrons. The van der Waals surface area contributed by atoms with Crippen LogP contribution in [-0.4, -0.2) is 14.8 Å². The highest BCUT2D eigenvalue weighted by atomic mass is 35.5. The Morgan fingerprint density at radius 2 is 2.00 bits per heavy atom. The maximum absolute atomic E-state index is 5.82. The predicted molar refractivity (Wildman–Crippen MR) is 71.2 cm³/mol. The SMILES string of the molecule is Cn1nc(C(C)(C)C)cc1Oc1cccc(Cl)n1. The Bertz CT molecular complexity index is 558. The van der Waals surface area contributed by atoms with Gasteiger partial charge < -0.3 is 4.74 Å². The van der Waals surface area contributed by atoms with Crippen molar-refractivity contribution in [2.45, 2.75) is 26.2 Å². The average Bonchev–Trinajstić information content (AvgIpc) is 2.60. The summed E-state index contributed by atoms with van der Waals surface area (Å²) in [5, 5.41) is 4.84. The van der Waals surface area contributed by atoms with Gasteiger partial charge in [0.1, 0.15) is 5.15 Å².